The average Bonchev–Trinajstić information content (AvgIpc) is 2.65. The molecule has 3 amide bonds. The molecule has 1 aromatic rings. The van der Waals surface area contributed by atoms with E-state index in [1.165, 1.54) is 0 Å². The van der Waals surface area contributed by atoms with Gasteiger partial charge in [0.05, 0.1) is 24.8 Å². The molecule has 8 heteroatoms. The fourth-order valence-corrected chi connectivity index (χ4v) is 3.22. The summed E-state index contributed by atoms with van der Waals surface area (Å²) < 4.78 is 5.30. The van der Waals surface area contributed by atoms with E-state index in [-0.39, 0.29) is 5.91 Å². The highest BCUT2D eigenvalue weighted by molar-refractivity contribution is 5.99. The van der Waals surface area contributed by atoms with Crippen molar-refractivity contribution in [2.45, 2.75) is 13.0 Å². The number of benzene rings is 1. The molecule has 0 radical (unpaired) electrons. The maximum atomic E-state index is 13.2. The number of carbonyl (C=O) groups is 3. The van der Waals surface area contributed by atoms with E-state index in [0.29, 0.717) is 37.6 Å². The third kappa shape index (κ3) is 3.55. The molecular formula is C18H21N3O5. The molecule has 0 aromatic heterocycles. The molecule has 138 valence electrons. The van der Waals surface area contributed by atoms with Gasteiger partial charge in [-0.25, -0.2) is 4.79 Å². The maximum Gasteiger partial charge on any atom is 0.323 e. The number of aliphatic carboxylic acids is 1. The first kappa shape index (κ1) is 17.9. The first-order valence-electron chi connectivity index (χ1n) is 8.41. The van der Waals surface area contributed by atoms with Crippen LogP contribution < -0.4 is 5.32 Å². The van der Waals surface area contributed by atoms with Crippen LogP contribution in [0.3, 0.4) is 0 Å². The van der Waals surface area contributed by atoms with Crippen molar-refractivity contribution in [3.63, 3.8) is 0 Å². The fraction of sp³-hybridized carbons (Fsp3) is 0.389. The minimum Gasteiger partial charge on any atom is -0.480 e. The van der Waals surface area contributed by atoms with Crippen LogP contribution in [0.2, 0.25) is 0 Å². The van der Waals surface area contributed by atoms with Gasteiger partial charge in [0.1, 0.15) is 6.54 Å². The number of morpholine rings is 1. The lowest BCUT2D eigenvalue weighted by Crippen LogP contribution is -2.52. The van der Waals surface area contributed by atoms with Crippen LogP contribution >= 0.6 is 0 Å². The SMILES string of the molecule is CC1=C(C(=O)N2CCOCC2)C(c2ccccc2)NC(=O)N1CC(=O)O. The number of nitrogens with one attached hydrogen (secondary N) is 1. The standard InChI is InChI=1S/C18H21N3O5/c1-12-15(17(24)20-7-9-26-10-8-20)16(13-5-3-2-4-6-13)19-18(25)21(12)11-14(22)23/h2-6,16H,7-11H2,1H3,(H,19,25)(H,22,23). The second-order valence-electron chi connectivity index (χ2n) is 6.18. The number of hydrogen-bond acceptors (Lipinski definition) is 4. The van der Waals surface area contributed by atoms with Crippen molar-refractivity contribution in [1.82, 2.24) is 15.1 Å². The van der Waals surface area contributed by atoms with Crippen LogP contribution in [-0.2, 0) is 14.3 Å². The van der Waals surface area contributed by atoms with Crippen molar-refractivity contribution in [3.8, 4) is 0 Å². The molecule has 0 aliphatic carbocycles. The quantitative estimate of drug-likeness (QED) is 0.835. The largest absolute Gasteiger partial charge is 0.480 e. The van der Waals surface area contributed by atoms with E-state index in [1.54, 1.807) is 11.8 Å². The second-order valence-corrected chi connectivity index (χ2v) is 6.18. The van der Waals surface area contributed by atoms with Gasteiger partial charge in [-0.3, -0.25) is 14.5 Å². The summed E-state index contributed by atoms with van der Waals surface area (Å²) in [6.07, 6.45) is 0. The summed E-state index contributed by atoms with van der Waals surface area (Å²) in [7, 11) is 0. The molecule has 26 heavy (non-hydrogen) atoms. The van der Waals surface area contributed by atoms with E-state index >= 15 is 0 Å². The topological polar surface area (TPSA) is 99.2 Å². The van der Waals surface area contributed by atoms with Gasteiger partial charge in [0, 0.05) is 18.8 Å². The van der Waals surface area contributed by atoms with Crippen LogP contribution in [0.15, 0.2) is 41.6 Å². The van der Waals surface area contributed by atoms with E-state index < -0.39 is 24.6 Å². The third-order valence-corrected chi connectivity index (χ3v) is 4.55. The van der Waals surface area contributed by atoms with E-state index in [9.17, 15) is 14.4 Å². The summed E-state index contributed by atoms with van der Waals surface area (Å²) in [5, 5.41) is 11.9. The zero-order chi connectivity index (χ0) is 18.7. The van der Waals surface area contributed by atoms with Crippen molar-refractivity contribution in [2.75, 3.05) is 32.8 Å². The highest BCUT2D eigenvalue weighted by atomic mass is 16.5. The van der Waals surface area contributed by atoms with Crippen molar-refractivity contribution < 1.29 is 24.2 Å². The predicted molar refractivity (Wildman–Crippen MR) is 92.2 cm³/mol. The lowest BCUT2D eigenvalue weighted by atomic mass is 9.93. The number of ether oxygens (including phenoxy) is 1. The van der Waals surface area contributed by atoms with Crippen LogP contribution in [0.1, 0.15) is 18.5 Å². The number of urea groups is 1. The number of carboxylic acids is 1. The van der Waals surface area contributed by atoms with Crippen LogP contribution in [0.4, 0.5) is 4.79 Å². The van der Waals surface area contributed by atoms with Gasteiger partial charge in [-0.05, 0) is 12.5 Å². The lowest BCUT2D eigenvalue weighted by Gasteiger charge is -2.37. The fourth-order valence-electron chi connectivity index (χ4n) is 3.22. The zero-order valence-electron chi connectivity index (χ0n) is 14.5. The molecule has 0 spiro atoms. The Labute approximate surface area is 151 Å². The maximum absolute atomic E-state index is 13.2. The summed E-state index contributed by atoms with van der Waals surface area (Å²) in [4.78, 5) is 39.5. The van der Waals surface area contributed by atoms with Crippen molar-refractivity contribution >= 4 is 17.9 Å². The Morgan fingerprint density at radius 3 is 2.50 bits per heavy atom. The monoisotopic (exact) mass is 359 g/mol. The van der Waals surface area contributed by atoms with Gasteiger partial charge in [-0.2, -0.15) is 0 Å². The molecule has 2 aliphatic rings. The number of allylic oxidation sites excluding steroid dienone is 1. The van der Waals surface area contributed by atoms with E-state index in [0.717, 1.165) is 10.5 Å². The minimum absolute atomic E-state index is 0.213. The summed E-state index contributed by atoms with van der Waals surface area (Å²) >= 11 is 0. The van der Waals surface area contributed by atoms with Gasteiger partial charge in [0.2, 0.25) is 0 Å². The summed E-state index contributed by atoms with van der Waals surface area (Å²) in [5.74, 6) is -1.36. The summed E-state index contributed by atoms with van der Waals surface area (Å²) in [6.45, 7) is 2.96. The van der Waals surface area contributed by atoms with Crippen LogP contribution in [0, 0.1) is 0 Å². The van der Waals surface area contributed by atoms with E-state index in [4.69, 9.17) is 9.84 Å². The molecule has 0 saturated carbocycles. The highest BCUT2D eigenvalue weighted by Gasteiger charge is 2.38. The van der Waals surface area contributed by atoms with E-state index in [1.807, 2.05) is 30.3 Å². The van der Waals surface area contributed by atoms with Gasteiger partial charge in [0.15, 0.2) is 0 Å². The van der Waals surface area contributed by atoms with Gasteiger partial charge >= 0.3 is 12.0 Å². The van der Waals surface area contributed by atoms with Gasteiger partial charge in [0.25, 0.3) is 5.91 Å². The van der Waals surface area contributed by atoms with Gasteiger partial charge in [-0.1, -0.05) is 30.3 Å². The number of carbonyl (C=O) groups excluding carboxylic acids is 2. The molecule has 1 fully saturated rings. The molecule has 2 N–H and O–H groups in total. The summed E-state index contributed by atoms with van der Waals surface area (Å²) in [5.41, 5.74) is 1.52. The first-order valence-corrected chi connectivity index (χ1v) is 8.41. The minimum atomic E-state index is -1.14. The Bertz CT molecular complexity index is 740. The molecule has 8 nitrogen and oxygen atoms in total. The number of hydrogen-bond donors (Lipinski definition) is 2. The summed E-state index contributed by atoms with van der Waals surface area (Å²) in [6, 6.07) is 8.02. The van der Waals surface area contributed by atoms with Crippen LogP contribution in [0.25, 0.3) is 0 Å². The Hall–Kier alpha value is -2.87. The first-order chi connectivity index (χ1) is 12.5. The average molecular weight is 359 g/mol. The Morgan fingerprint density at radius 1 is 1.23 bits per heavy atom. The van der Waals surface area contributed by atoms with Crippen molar-refractivity contribution in [2.24, 2.45) is 0 Å². The van der Waals surface area contributed by atoms with Crippen molar-refractivity contribution in [3.05, 3.63) is 47.2 Å². The number of nitrogens with zero attached hydrogens (tertiary/aromatic N) is 2. The molecular weight excluding hydrogens is 338 g/mol. The molecule has 2 aliphatic heterocycles. The molecule has 2 heterocycles. The van der Waals surface area contributed by atoms with Gasteiger partial charge < -0.3 is 20.1 Å². The Morgan fingerprint density at radius 2 is 1.88 bits per heavy atom. The molecule has 1 atom stereocenters. The molecule has 1 saturated heterocycles. The lowest BCUT2D eigenvalue weighted by molar-refractivity contribution is -0.137. The highest BCUT2D eigenvalue weighted by Crippen LogP contribution is 2.31. The number of carboxylic acid groups (broad SMARTS) is 1. The normalized spacial score (nSPS) is 20.8. The molecule has 1 aromatic carbocycles. The van der Waals surface area contributed by atoms with Crippen LogP contribution in [0.5, 0.6) is 0 Å². The molecule has 0 bridgehead atoms. The number of rotatable bonds is 4. The van der Waals surface area contributed by atoms with E-state index in [2.05, 4.69) is 5.32 Å². The molecule has 1 unspecified atom stereocenters. The Balaban J connectivity index is 2.03. The van der Waals surface area contributed by atoms with Crippen molar-refractivity contribution in [1.29, 1.82) is 0 Å². The second kappa shape index (κ2) is 7.57. The van der Waals surface area contributed by atoms with Crippen LogP contribution in [-0.4, -0.2) is 65.7 Å². The van der Waals surface area contributed by atoms with Gasteiger partial charge in [-0.15, -0.1) is 0 Å². The third-order valence-electron chi connectivity index (χ3n) is 4.55. The molecule has 3 rings (SSSR count). The number of amides is 3. The Kier molecular flexibility index (Phi) is 5.22. The zero-order valence-corrected chi connectivity index (χ0v) is 14.5. The predicted octanol–water partition coefficient (Wildman–Crippen LogP) is 0.970. The smallest absolute Gasteiger partial charge is 0.323 e.